The third kappa shape index (κ3) is 4.93. The molecule has 10 aromatic rings. The topological polar surface area (TPSA) is 219 Å². The Kier molecular flexibility index (Phi) is 7.37. The number of aromatic hydroxyl groups is 8. The maximum Gasteiger partial charge on any atom is 0.206 e. The Morgan fingerprint density at radius 1 is 0.397 bits per heavy atom. The second kappa shape index (κ2) is 12.5. The predicted molar refractivity (Wildman–Crippen MR) is 217 cm³/mol. The molecule has 7 aromatic carbocycles. The zero-order chi connectivity index (χ0) is 40.0. The van der Waals surface area contributed by atoms with Gasteiger partial charge in [0.05, 0.1) is 16.3 Å². The highest BCUT2D eigenvalue weighted by Gasteiger charge is 2.32. The van der Waals surface area contributed by atoms with Gasteiger partial charge in [-0.2, -0.15) is 0 Å². The van der Waals surface area contributed by atoms with Gasteiger partial charge in [-0.3, -0.25) is 0 Å². The molecule has 0 aliphatic carbocycles. The van der Waals surface area contributed by atoms with Gasteiger partial charge in [0.2, 0.25) is 23.0 Å². The van der Waals surface area contributed by atoms with Gasteiger partial charge in [-0.15, -0.1) is 0 Å². The minimum absolute atomic E-state index is 0.180. The van der Waals surface area contributed by atoms with E-state index in [0.29, 0.717) is 45.0 Å². The molecule has 0 atom stereocenters. The van der Waals surface area contributed by atoms with Gasteiger partial charge >= 0.3 is 0 Å². The molecule has 3 heterocycles. The SMILES string of the molecule is Oc1c(O)c(O)c2c(c1O)c1c(O)c(O)c(O)c(O)c1n2-c1ccc2oc3c(-c4nc(-c5ccccc5)nc(-c5ccccc5)n4)cc(-c4ccccc4)cc3c2c1. The molecule has 282 valence electrons. The highest BCUT2D eigenvalue weighted by Crippen LogP contribution is 2.59. The summed E-state index contributed by atoms with van der Waals surface area (Å²) in [6, 6.07) is 37.5. The molecular weight excluding hydrogens is 741 g/mol. The Morgan fingerprint density at radius 2 is 0.862 bits per heavy atom. The van der Waals surface area contributed by atoms with Crippen LogP contribution in [0.4, 0.5) is 0 Å². The van der Waals surface area contributed by atoms with E-state index in [4.69, 9.17) is 19.4 Å². The maximum absolute atomic E-state index is 11.2. The third-order valence-corrected chi connectivity index (χ3v) is 10.3. The Bertz CT molecular complexity index is 3180. The molecule has 0 saturated carbocycles. The van der Waals surface area contributed by atoms with Crippen LogP contribution in [-0.2, 0) is 0 Å². The summed E-state index contributed by atoms with van der Waals surface area (Å²) < 4.78 is 7.75. The van der Waals surface area contributed by atoms with Crippen molar-refractivity contribution in [3.05, 3.63) is 121 Å². The van der Waals surface area contributed by atoms with Crippen LogP contribution in [0.25, 0.3) is 94.7 Å². The number of hydrogen-bond acceptors (Lipinski definition) is 12. The lowest BCUT2D eigenvalue weighted by atomic mass is 9.98. The number of nitrogens with zero attached hydrogens (tertiary/aromatic N) is 4. The summed E-state index contributed by atoms with van der Waals surface area (Å²) in [5.41, 5.74) is 4.05. The molecule has 0 bridgehead atoms. The summed E-state index contributed by atoms with van der Waals surface area (Å²) in [6.45, 7) is 0. The van der Waals surface area contributed by atoms with E-state index in [-0.39, 0.29) is 16.7 Å². The second-order valence-corrected chi connectivity index (χ2v) is 13.7. The number of benzene rings is 7. The smallest absolute Gasteiger partial charge is 0.206 e. The molecule has 3 aromatic heterocycles. The van der Waals surface area contributed by atoms with Crippen LogP contribution < -0.4 is 0 Å². The molecule has 0 radical (unpaired) electrons. The fourth-order valence-corrected chi connectivity index (χ4v) is 7.55. The van der Waals surface area contributed by atoms with Crippen molar-refractivity contribution in [2.45, 2.75) is 0 Å². The van der Waals surface area contributed by atoms with Crippen LogP contribution in [0.1, 0.15) is 0 Å². The molecule has 13 heteroatoms. The minimum Gasteiger partial charge on any atom is -0.504 e. The molecule has 0 aliphatic heterocycles. The highest BCUT2D eigenvalue weighted by atomic mass is 16.4. The normalized spacial score (nSPS) is 11.7. The van der Waals surface area contributed by atoms with Gasteiger partial charge < -0.3 is 49.8 Å². The van der Waals surface area contributed by atoms with Crippen molar-refractivity contribution in [1.29, 1.82) is 0 Å². The molecule has 0 fully saturated rings. The van der Waals surface area contributed by atoms with Gasteiger partial charge in [-0.05, 0) is 41.5 Å². The number of phenolic OH excluding ortho intramolecular Hbond substituents is 8. The molecule has 0 unspecified atom stereocenters. The van der Waals surface area contributed by atoms with E-state index >= 15 is 0 Å². The maximum atomic E-state index is 11.2. The number of hydrogen-bond donors (Lipinski definition) is 8. The number of rotatable bonds is 5. The quantitative estimate of drug-likeness (QED) is 0.0607. The zero-order valence-electron chi connectivity index (χ0n) is 29.8. The van der Waals surface area contributed by atoms with E-state index in [2.05, 4.69) is 0 Å². The number of aromatic nitrogens is 4. The molecule has 8 N–H and O–H groups in total. The van der Waals surface area contributed by atoms with Crippen LogP contribution >= 0.6 is 0 Å². The Morgan fingerprint density at radius 3 is 1.38 bits per heavy atom. The molecule has 58 heavy (non-hydrogen) atoms. The van der Waals surface area contributed by atoms with Crippen molar-refractivity contribution in [3.8, 4) is 97.0 Å². The van der Waals surface area contributed by atoms with E-state index in [0.717, 1.165) is 26.8 Å². The number of fused-ring (bicyclic) bond motifs is 6. The highest BCUT2D eigenvalue weighted by molar-refractivity contribution is 6.21. The van der Waals surface area contributed by atoms with Crippen LogP contribution in [0.3, 0.4) is 0 Å². The van der Waals surface area contributed by atoms with Crippen LogP contribution in [-0.4, -0.2) is 60.4 Å². The second-order valence-electron chi connectivity index (χ2n) is 13.7. The summed E-state index contributed by atoms with van der Waals surface area (Å²) in [5.74, 6) is -6.97. The number of furan rings is 1. The molecule has 0 spiro atoms. The summed E-state index contributed by atoms with van der Waals surface area (Å²) >= 11 is 0. The standard InChI is InChI=1S/C45H28N4O9/c50-34-30-31-33(37(53)41(57)39(55)35(31)51)49(32(30)36(52)40(56)38(34)54)25-16-17-29-26(20-25)27-18-24(21-10-4-1-5-11-21)19-28(42(27)58-29)45-47-43(22-12-6-2-7-13-22)46-44(48-45)23-14-8-3-9-15-23/h1-20,50-57H. The Balaban J connectivity index is 1.30. The molecule has 0 saturated heterocycles. The minimum atomic E-state index is -1.11. The van der Waals surface area contributed by atoms with E-state index < -0.39 is 56.8 Å². The van der Waals surface area contributed by atoms with Gasteiger partial charge in [-0.1, -0.05) is 91.0 Å². The summed E-state index contributed by atoms with van der Waals surface area (Å²) in [7, 11) is 0. The first-order valence-electron chi connectivity index (χ1n) is 17.8. The first kappa shape index (κ1) is 34.1. The summed E-state index contributed by atoms with van der Waals surface area (Å²) in [6.07, 6.45) is 0. The van der Waals surface area contributed by atoms with Crippen LogP contribution in [0, 0.1) is 0 Å². The molecule has 13 nitrogen and oxygen atoms in total. The van der Waals surface area contributed by atoms with Crippen molar-refractivity contribution in [1.82, 2.24) is 19.5 Å². The summed E-state index contributed by atoms with van der Waals surface area (Å²) in [5, 5.41) is 87.1. The lowest BCUT2D eigenvalue weighted by molar-refractivity contribution is 0.350. The van der Waals surface area contributed by atoms with E-state index in [1.54, 1.807) is 18.2 Å². The Labute approximate surface area is 326 Å². The van der Waals surface area contributed by atoms with Crippen LogP contribution in [0.5, 0.6) is 46.0 Å². The molecule has 0 aliphatic rings. The van der Waals surface area contributed by atoms with Crippen molar-refractivity contribution in [3.63, 3.8) is 0 Å². The van der Waals surface area contributed by atoms with Crippen molar-refractivity contribution >= 4 is 43.7 Å². The summed E-state index contributed by atoms with van der Waals surface area (Å²) in [4.78, 5) is 14.8. The predicted octanol–water partition coefficient (Wildman–Crippen LogP) is 9.18. The lowest BCUT2D eigenvalue weighted by Crippen LogP contribution is -2.00. The average Bonchev–Trinajstić information content (AvgIpc) is 3.83. The lowest BCUT2D eigenvalue weighted by Gasteiger charge is -2.12. The average molecular weight is 769 g/mol. The van der Waals surface area contributed by atoms with Gasteiger partial charge in [0.15, 0.2) is 40.5 Å². The van der Waals surface area contributed by atoms with Gasteiger partial charge in [-0.25, -0.2) is 15.0 Å². The van der Waals surface area contributed by atoms with Gasteiger partial charge in [0, 0.05) is 27.6 Å². The molecule has 10 rings (SSSR count). The van der Waals surface area contributed by atoms with Gasteiger partial charge in [0.1, 0.15) is 22.2 Å². The van der Waals surface area contributed by atoms with Crippen LogP contribution in [0.2, 0.25) is 0 Å². The fraction of sp³-hybridized carbons (Fsp3) is 0. The van der Waals surface area contributed by atoms with Gasteiger partial charge in [0.25, 0.3) is 0 Å². The number of phenols is 8. The van der Waals surface area contributed by atoms with E-state index in [1.807, 2.05) is 103 Å². The van der Waals surface area contributed by atoms with E-state index in [9.17, 15) is 40.9 Å². The monoisotopic (exact) mass is 768 g/mol. The fourth-order valence-electron chi connectivity index (χ4n) is 7.55. The Hall–Kier alpha value is -8.45. The first-order valence-corrected chi connectivity index (χ1v) is 17.8. The largest absolute Gasteiger partial charge is 0.504 e. The van der Waals surface area contributed by atoms with Crippen molar-refractivity contribution in [2.24, 2.45) is 0 Å². The van der Waals surface area contributed by atoms with Crippen molar-refractivity contribution < 1.29 is 45.3 Å². The van der Waals surface area contributed by atoms with E-state index in [1.165, 1.54) is 0 Å². The van der Waals surface area contributed by atoms with Crippen molar-refractivity contribution in [2.75, 3.05) is 0 Å². The molecule has 0 amide bonds. The third-order valence-electron chi connectivity index (χ3n) is 10.3. The first-order chi connectivity index (χ1) is 28.1. The zero-order valence-corrected chi connectivity index (χ0v) is 29.8. The van der Waals surface area contributed by atoms with Crippen LogP contribution in [0.15, 0.2) is 126 Å². The molecular formula is C45H28N4O9.